The summed E-state index contributed by atoms with van der Waals surface area (Å²) in [5.74, 6) is -0.123. The van der Waals surface area contributed by atoms with Crippen molar-refractivity contribution in [2.45, 2.75) is 13.1 Å². The lowest BCUT2D eigenvalue weighted by Gasteiger charge is -2.15. The van der Waals surface area contributed by atoms with E-state index >= 15 is 0 Å². The van der Waals surface area contributed by atoms with E-state index < -0.39 is 24.3 Å². The van der Waals surface area contributed by atoms with Crippen molar-refractivity contribution >= 4 is 23.2 Å². The number of amides is 1. The fourth-order valence-corrected chi connectivity index (χ4v) is 2.32. The van der Waals surface area contributed by atoms with E-state index in [0.29, 0.717) is 10.8 Å². The quantitative estimate of drug-likeness (QED) is 0.632. The zero-order valence-electron chi connectivity index (χ0n) is 15.2. The molecule has 0 radical (unpaired) electrons. The van der Waals surface area contributed by atoms with Crippen molar-refractivity contribution in [3.05, 3.63) is 52.5 Å². The molecule has 5 nitrogen and oxygen atoms in total. The Balaban J connectivity index is 2.09. The summed E-state index contributed by atoms with van der Waals surface area (Å²) in [6.45, 7) is 1.75. The first-order valence-electron chi connectivity index (χ1n) is 8.22. The van der Waals surface area contributed by atoms with Gasteiger partial charge in [0.2, 0.25) is 0 Å². The van der Waals surface area contributed by atoms with Gasteiger partial charge in [0.25, 0.3) is 5.91 Å². The van der Waals surface area contributed by atoms with Crippen LogP contribution in [0.25, 0.3) is 0 Å². The summed E-state index contributed by atoms with van der Waals surface area (Å²) in [7, 11) is 1.47. The third kappa shape index (κ3) is 6.31. The number of methoxy groups -OCH3 is 1. The molecule has 0 fully saturated rings. The van der Waals surface area contributed by atoms with E-state index in [4.69, 9.17) is 25.8 Å². The van der Waals surface area contributed by atoms with Gasteiger partial charge in [-0.3, -0.25) is 4.79 Å². The number of carbonyl (C=O) groups is 1. The van der Waals surface area contributed by atoms with Gasteiger partial charge in [0.1, 0.15) is 18.1 Å². The van der Waals surface area contributed by atoms with Crippen molar-refractivity contribution in [1.29, 1.82) is 0 Å². The smallest absolute Gasteiger partial charge is 0.416 e. The molecule has 0 aliphatic heterocycles. The van der Waals surface area contributed by atoms with E-state index in [-0.39, 0.29) is 24.7 Å². The second-order valence-corrected chi connectivity index (χ2v) is 6.21. The molecule has 0 saturated heterocycles. The van der Waals surface area contributed by atoms with Crippen LogP contribution in [0.2, 0.25) is 5.02 Å². The Hall–Kier alpha value is -2.45. The lowest BCUT2D eigenvalue weighted by molar-refractivity contribution is -0.137. The number of carbonyl (C=O) groups excluding carboxylic acids is 1. The molecule has 1 N–H and O–H groups in total. The Morgan fingerprint density at radius 1 is 1.11 bits per heavy atom. The standard InChI is InChI=1S/C19H19ClF3NO4/c1-12-9-14(4-5-15(12)20)28-11-18(25)24-16-10-13(19(21,22)23)3-6-17(16)27-8-7-26-2/h3-6,9-10H,7-8,11H2,1-2H3,(H,24,25). The molecule has 0 heterocycles. The lowest BCUT2D eigenvalue weighted by Crippen LogP contribution is -2.21. The largest absolute Gasteiger partial charge is 0.489 e. The van der Waals surface area contributed by atoms with Crippen LogP contribution in [0.1, 0.15) is 11.1 Å². The number of hydrogen-bond acceptors (Lipinski definition) is 4. The highest BCUT2D eigenvalue weighted by Crippen LogP contribution is 2.35. The maximum atomic E-state index is 13.0. The molecule has 0 atom stereocenters. The first-order valence-corrected chi connectivity index (χ1v) is 8.60. The van der Waals surface area contributed by atoms with Gasteiger partial charge in [0, 0.05) is 12.1 Å². The monoisotopic (exact) mass is 417 g/mol. The third-order valence-electron chi connectivity index (χ3n) is 3.63. The third-order valence-corrected chi connectivity index (χ3v) is 4.05. The first-order chi connectivity index (χ1) is 13.2. The van der Waals surface area contributed by atoms with E-state index in [1.807, 2.05) is 0 Å². The molecule has 0 aliphatic rings. The number of nitrogens with one attached hydrogen (secondary N) is 1. The Morgan fingerprint density at radius 2 is 1.86 bits per heavy atom. The predicted molar refractivity (Wildman–Crippen MR) is 99.1 cm³/mol. The minimum atomic E-state index is -4.55. The van der Waals surface area contributed by atoms with Gasteiger partial charge in [-0.25, -0.2) is 0 Å². The number of hydrogen-bond donors (Lipinski definition) is 1. The van der Waals surface area contributed by atoms with Crippen LogP contribution in [-0.4, -0.2) is 32.8 Å². The number of halogens is 4. The molecule has 9 heteroatoms. The molecule has 2 aromatic carbocycles. The molecular formula is C19H19ClF3NO4. The van der Waals surface area contributed by atoms with Crippen LogP contribution >= 0.6 is 11.6 Å². The zero-order chi connectivity index (χ0) is 20.7. The fourth-order valence-electron chi connectivity index (χ4n) is 2.21. The zero-order valence-corrected chi connectivity index (χ0v) is 16.0. The van der Waals surface area contributed by atoms with Crippen LogP contribution < -0.4 is 14.8 Å². The van der Waals surface area contributed by atoms with E-state index in [0.717, 1.165) is 23.8 Å². The van der Waals surface area contributed by atoms with Crippen LogP contribution in [-0.2, 0) is 15.7 Å². The molecule has 0 bridgehead atoms. The van der Waals surface area contributed by atoms with Crippen LogP contribution in [0.5, 0.6) is 11.5 Å². The van der Waals surface area contributed by atoms with Gasteiger partial charge >= 0.3 is 6.18 Å². The average molecular weight is 418 g/mol. The van der Waals surface area contributed by atoms with Crippen molar-refractivity contribution in [3.8, 4) is 11.5 Å². The molecular weight excluding hydrogens is 399 g/mol. The minimum Gasteiger partial charge on any atom is -0.489 e. The Kier molecular flexibility index (Phi) is 7.53. The Bertz CT molecular complexity index is 827. The molecule has 2 aromatic rings. The van der Waals surface area contributed by atoms with E-state index in [9.17, 15) is 18.0 Å². The second-order valence-electron chi connectivity index (χ2n) is 5.80. The maximum Gasteiger partial charge on any atom is 0.416 e. The molecule has 152 valence electrons. The molecule has 28 heavy (non-hydrogen) atoms. The van der Waals surface area contributed by atoms with Crippen molar-refractivity contribution in [2.24, 2.45) is 0 Å². The number of aryl methyl sites for hydroxylation is 1. The van der Waals surface area contributed by atoms with Crippen LogP contribution in [0.3, 0.4) is 0 Å². The van der Waals surface area contributed by atoms with Gasteiger partial charge in [-0.15, -0.1) is 0 Å². The Labute approximate surface area is 165 Å². The molecule has 2 rings (SSSR count). The van der Waals surface area contributed by atoms with Crippen LogP contribution in [0.4, 0.5) is 18.9 Å². The number of rotatable bonds is 8. The summed E-state index contributed by atoms with van der Waals surface area (Å²) in [5.41, 5.74) is -0.241. The summed E-state index contributed by atoms with van der Waals surface area (Å²) < 4.78 is 54.5. The summed E-state index contributed by atoms with van der Waals surface area (Å²) in [4.78, 5) is 12.2. The fraction of sp³-hybridized carbons (Fsp3) is 0.316. The molecule has 0 saturated carbocycles. The Morgan fingerprint density at radius 3 is 2.50 bits per heavy atom. The van der Waals surface area contributed by atoms with Gasteiger partial charge < -0.3 is 19.5 Å². The molecule has 0 aliphatic carbocycles. The number of benzene rings is 2. The summed E-state index contributed by atoms with van der Waals surface area (Å²) >= 11 is 5.92. The van der Waals surface area contributed by atoms with E-state index in [1.54, 1.807) is 25.1 Å². The molecule has 0 aromatic heterocycles. The van der Waals surface area contributed by atoms with Gasteiger partial charge in [-0.1, -0.05) is 11.6 Å². The highest BCUT2D eigenvalue weighted by Gasteiger charge is 2.31. The van der Waals surface area contributed by atoms with Gasteiger partial charge in [0.05, 0.1) is 17.9 Å². The van der Waals surface area contributed by atoms with E-state index in [1.165, 1.54) is 7.11 Å². The van der Waals surface area contributed by atoms with Gasteiger partial charge in [0.15, 0.2) is 6.61 Å². The predicted octanol–water partition coefficient (Wildman–Crippen LogP) is 4.71. The second kappa shape index (κ2) is 9.66. The molecule has 0 unspecified atom stereocenters. The molecule has 1 amide bonds. The summed E-state index contributed by atoms with van der Waals surface area (Å²) in [6, 6.07) is 7.71. The van der Waals surface area contributed by atoms with Crippen LogP contribution in [0, 0.1) is 6.92 Å². The van der Waals surface area contributed by atoms with Gasteiger partial charge in [-0.2, -0.15) is 13.2 Å². The minimum absolute atomic E-state index is 0.0979. The number of alkyl halides is 3. The van der Waals surface area contributed by atoms with Crippen LogP contribution in [0.15, 0.2) is 36.4 Å². The highest BCUT2D eigenvalue weighted by molar-refractivity contribution is 6.31. The summed E-state index contributed by atoms with van der Waals surface area (Å²) in [5, 5.41) is 2.94. The lowest BCUT2D eigenvalue weighted by atomic mass is 10.1. The van der Waals surface area contributed by atoms with Crippen molar-refractivity contribution < 1.29 is 32.2 Å². The number of anilines is 1. The van der Waals surface area contributed by atoms with Crippen molar-refractivity contribution in [1.82, 2.24) is 0 Å². The van der Waals surface area contributed by atoms with Crippen molar-refractivity contribution in [2.75, 3.05) is 32.2 Å². The SMILES string of the molecule is COCCOc1ccc(C(F)(F)F)cc1NC(=O)COc1ccc(Cl)c(C)c1. The normalized spacial score (nSPS) is 11.2. The maximum absolute atomic E-state index is 13.0. The highest BCUT2D eigenvalue weighted by atomic mass is 35.5. The van der Waals surface area contributed by atoms with Crippen molar-refractivity contribution in [3.63, 3.8) is 0 Å². The average Bonchev–Trinajstić information content (AvgIpc) is 2.63. The van der Waals surface area contributed by atoms with Gasteiger partial charge in [-0.05, 0) is 48.9 Å². The number of ether oxygens (including phenoxy) is 3. The topological polar surface area (TPSA) is 56.8 Å². The van der Waals surface area contributed by atoms with E-state index in [2.05, 4.69) is 5.32 Å². The summed E-state index contributed by atoms with van der Waals surface area (Å²) in [6.07, 6.45) is -4.55. The molecule has 0 spiro atoms. The first kappa shape index (κ1) is 21.8.